The number of nitrogens with one attached hydrogen (secondary N) is 1. The fourth-order valence-corrected chi connectivity index (χ4v) is 5.13. The number of methoxy groups -OCH3 is 1. The third-order valence-corrected chi connectivity index (χ3v) is 6.82. The summed E-state index contributed by atoms with van der Waals surface area (Å²) in [5.74, 6) is 2.25. The van der Waals surface area contributed by atoms with E-state index in [1.165, 1.54) is 23.5 Å². The number of anilines is 1. The molecule has 166 valence electrons. The van der Waals surface area contributed by atoms with Gasteiger partial charge < -0.3 is 14.8 Å². The van der Waals surface area contributed by atoms with Gasteiger partial charge in [-0.1, -0.05) is 11.8 Å². The lowest BCUT2D eigenvalue weighted by atomic mass is 10.3. The van der Waals surface area contributed by atoms with Crippen LogP contribution in [0, 0.1) is 0 Å². The maximum atomic E-state index is 13.2. The number of ether oxygens (including phenoxy) is 2. The first-order chi connectivity index (χ1) is 15.6. The van der Waals surface area contributed by atoms with E-state index in [4.69, 9.17) is 14.5 Å². The first kappa shape index (κ1) is 22.3. The second-order valence-electron chi connectivity index (χ2n) is 6.90. The first-order valence-corrected chi connectivity index (χ1v) is 12.1. The molecule has 32 heavy (non-hydrogen) atoms. The third-order valence-electron chi connectivity index (χ3n) is 4.78. The minimum absolute atomic E-state index is 0.0999. The second-order valence-corrected chi connectivity index (χ2v) is 8.95. The van der Waals surface area contributed by atoms with Gasteiger partial charge in [-0.3, -0.25) is 14.2 Å². The van der Waals surface area contributed by atoms with Crippen LogP contribution in [0.5, 0.6) is 11.5 Å². The quantitative estimate of drug-likeness (QED) is 0.394. The number of benzene rings is 2. The Bertz CT molecular complexity index is 1160. The van der Waals surface area contributed by atoms with Gasteiger partial charge in [-0.15, -0.1) is 11.8 Å². The molecule has 4 rings (SSSR count). The summed E-state index contributed by atoms with van der Waals surface area (Å²) in [5, 5.41) is 3.37. The van der Waals surface area contributed by atoms with Gasteiger partial charge in [-0.25, -0.2) is 4.98 Å². The van der Waals surface area contributed by atoms with Gasteiger partial charge in [0.15, 0.2) is 5.16 Å². The van der Waals surface area contributed by atoms with E-state index in [0.29, 0.717) is 33.8 Å². The maximum absolute atomic E-state index is 13.2. The van der Waals surface area contributed by atoms with Crippen molar-refractivity contribution in [3.63, 3.8) is 0 Å². The molecule has 0 spiro atoms. The monoisotopic (exact) mass is 469 g/mol. The van der Waals surface area contributed by atoms with Gasteiger partial charge in [0.2, 0.25) is 5.91 Å². The molecule has 0 aliphatic carbocycles. The molecule has 0 saturated carbocycles. The number of hydrogen-bond acceptors (Lipinski definition) is 7. The number of fused-ring (bicyclic) bond motifs is 1. The summed E-state index contributed by atoms with van der Waals surface area (Å²) in [4.78, 5) is 31.2. The van der Waals surface area contributed by atoms with Gasteiger partial charge >= 0.3 is 0 Å². The zero-order valence-corrected chi connectivity index (χ0v) is 19.4. The number of nitrogens with zero attached hydrogens (tertiary/aromatic N) is 2. The van der Waals surface area contributed by atoms with Crippen molar-refractivity contribution in [1.29, 1.82) is 0 Å². The van der Waals surface area contributed by atoms with Crippen LogP contribution in [-0.4, -0.2) is 40.7 Å². The molecular formula is C23H23N3O4S2. The molecular weight excluding hydrogens is 446 g/mol. The molecule has 1 amide bonds. The van der Waals surface area contributed by atoms with Gasteiger partial charge in [-0.05, 0) is 55.5 Å². The van der Waals surface area contributed by atoms with Crippen molar-refractivity contribution in [2.75, 3.05) is 30.5 Å². The molecule has 2 heterocycles. The Hall–Kier alpha value is -2.91. The van der Waals surface area contributed by atoms with Crippen LogP contribution >= 0.6 is 23.5 Å². The van der Waals surface area contributed by atoms with Gasteiger partial charge in [0, 0.05) is 17.9 Å². The number of amides is 1. The van der Waals surface area contributed by atoms with Crippen LogP contribution in [0.1, 0.15) is 12.6 Å². The largest absolute Gasteiger partial charge is 0.497 e. The number of aromatic nitrogens is 2. The summed E-state index contributed by atoms with van der Waals surface area (Å²) in [6.45, 7) is 2.51. The fourth-order valence-electron chi connectivity index (χ4n) is 3.28. The summed E-state index contributed by atoms with van der Waals surface area (Å²) in [6.07, 6.45) is 0.755. The van der Waals surface area contributed by atoms with Crippen molar-refractivity contribution in [2.24, 2.45) is 0 Å². The number of carbonyl (C=O) groups is 1. The van der Waals surface area contributed by atoms with Crippen LogP contribution in [0.3, 0.4) is 0 Å². The standard InChI is InChI=1S/C23H23N3O4S2/c1-3-30-18-8-4-15(5-9-18)24-20(27)14-32-23-25-19-12-13-31-21(19)22(28)26(23)16-6-10-17(29-2)11-7-16/h4-11H,3,12-14H2,1-2H3,(H,24,27). The fraction of sp³-hybridized carbons (Fsp3) is 0.261. The summed E-state index contributed by atoms with van der Waals surface area (Å²) in [6, 6.07) is 14.5. The van der Waals surface area contributed by atoms with Gasteiger partial charge in [0.05, 0.1) is 35.7 Å². The highest BCUT2D eigenvalue weighted by atomic mass is 32.2. The summed E-state index contributed by atoms with van der Waals surface area (Å²) < 4.78 is 12.2. The molecule has 0 fully saturated rings. The number of carbonyl (C=O) groups excluding carboxylic acids is 1. The Kier molecular flexibility index (Phi) is 7.06. The molecule has 7 nitrogen and oxygen atoms in total. The van der Waals surface area contributed by atoms with E-state index >= 15 is 0 Å². The molecule has 2 aromatic carbocycles. The lowest BCUT2D eigenvalue weighted by Gasteiger charge is -2.14. The SMILES string of the molecule is CCOc1ccc(NC(=O)CSc2nc3c(c(=O)n2-c2ccc(OC)cc2)SCC3)cc1. The summed E-state index contributed by atoms with van der Waals surface area (Å²) in [5.41, 5.74) is 2.08. The first-order valence-electron chi connectivity index (χ1n) is 10.2. The third kappa shape index (κ3) is 4.94. The Morgan fingerprint density at radius 3 is 2.56 bits per heavy atom. The van der Waals surface area contributed by atoms with E-state index in [1.807, 2.05) is 31.2 Å². The molecule has 0 radical (unpaired) electrons. The average Bonchev–Trinajstić information content (AvgIpc) is 3.28. The summed E-state index contributed by atoms with van der Waals surface area (Å²) in [7, 11) is 1.60. The van der Waals surface area contributed by atoms with Crippen LogP contribution < -0.4 is 20.3 Å². The molecule has 0 bridgehead atoms. The maximum Gasteiger partial charge on any atom is 0.272 e. The summed E-state index contributed by atoms with van der Waals surface area (Å²) >= 11 is 2.78. The molecule has 0 saturated heterocycles. The molecule has 1 aliphatic rings. The molecule has 3 aromatic rings. The minimum Gasteiger partial charge on any atom is -0.497 e. The number of hydrogen-bond donors (Lipinski definition) is 1. The highest BCUT2D eigenvalue weighted by Gasteiger charge is 2.23. The molecule has 1 N–H and O–H groups in total. The van der Waals surface area contributed by atoms with Gasteiger partial charge in [0.1, 0.15) is 11.5 Å². The van der Waals surface area contributed by atoms with E-state index in [2.05, 4.69) is 5.32 Å². The number of aryl methyl sites for hydroxylation is 1. The second kappa shape index (κ2) is 10.1. The van der Waals surface area contributed by atoms with Crippen LogP contribution in [0.2, 0.25) is 0 Å². The molecule has 1 aliphatic heterocycles. The van der Waals surface area contributed by atoms with Crippen LogP contribution in [0.25, 0.3) is 5.69 Å². The predicted octanol–water partition coefficient (Wildman–Crippen LogP) is 4.02. The molecule has 0 atom stereocenters. The normalized spacial score (nSPS) is 12.3. The van der Waals surface area contributed by atoms with Crippen LogP contribution in [0.15, 0.2) is 63.4 Å². The van der Waals surface area contributed by atoms with E-state index in [1.54, 1.807) is 35.9 Å². The molecule has 0 unspecified atom stereocenters. The lowest BCUT2D eigenvalue weighted by Crippen LogP contribution is -2.24. The average molecular weight is 470 g/mol. The predicted molar refractivity (Wildman–Crippen MR) is 128 cm³/mol. The zero-order valence-electron chi connectivity index (χ0n) is 17.8. The van der Waals surface area contributed by atoms with Crippen LogP contribution in [0.4, 0.5) is 5.69 Å². The Morgan fingerprint density at radius 1 is 1.16 bits per heavy atom. The highest BCUT2D eigenvalue weighted by Crippen LogP contribution is 2.30. The smallest absolute Gasteiger partial charge is 0.272 e. The zero-order chi connectivity index (χ0) is 22.5. The minimum atomic E-state index is -0.176. The van der Waals surface area contributed by atoms with E-state index in [0.717, 1.165) is 23.6 Å². The molecule has 9 heteroatoms. The molecule has 1 aromatic heterocycles. The lowest BCUT2D eigenvalue weighted by molar-refractivity contribution is -0.113. The van der Waals surface area contributed by atoms with E-state index in [9.17, 15) is 9.59 Å². The van der Waals surface area contributed by atoms with Crippen molar-refractivity contribution in [1.82, 2.24) is 9.55 Å². The highest BCUT2D eigenvalue weighted by molar-refractivity contribution is 8.00. The Labute approximate surface area is 194 Å². The van der Waals surface area contributed by atoms with Crippen LogP contribution in [-0.2, 0) is 11.2 Å². The van der Waals surface area contributed by atoms with Crippen molar-refractivity contribution < 1.29 is 14.3 Å². The van der Waals surface area contributed by atoms with Crippen molar-refractivity contribution >= 4 is 35.1 Å². The van der Waals surface area contributed by atoms with E-state index in [-0.39, 0.29) is 17.2 Å². The Balaban J connectivity index is 1.54. The van der Waals surface area contributed by atoms with Crippen molar-refractivity contribution in [3.8, 4) is 17.2 Å². The van der Waals surface area contributed by atoms with Gasteiger partial charge in [-0.2, -0.15) is 0 Å². The van der Waals surface area contributed by atoms with E-state index < -0.39 is 0 Å². The number of thioether (sulfide) groups is 2. The number of rotatable bonds is 8. The van der Waals surface area contributed by atoms with Gasteiger partial charge in [0.25, 0.3) is 5.56 Å². The van der Waals surface area contributed by atoms with Crippen molar-refractivity contribution in [3.05, 3.63) is 64.6 Å². The Morgan fingerprint density at radius 2 is 1.88 bits per heavy atom. The topological polar surface area (TPSA) is 82.5 Å². The van der Waals surface area contributed by atoms with Crippen molar-refractivity contribution in [2.45, 2.75) is 23.4 Å².